The number of amides is 2. The minimum atomic E-state index is -0.169. The number of anilines is 1. The number of nitrogens with zero attached hydrogens (tertiary/aromatic N) is 3. The predicted octanol–water partition coefficient (Wildman–Crippen LogP) is 5.85. The van der Waals surface area contributed by atoms with Crippen LogP contribution in [0.4, 0.5) is 5.69 Å². The molecule has 236 valence electrons. The monoisotopic (exact) mass is 625 g/mol. The lowest BCUT2D eigenvalue weighted by Gasteiger charge is -2.23. The van der Waals surface area contributed by atoms with Gasteiger partial charge in [0.05, 0.1) is 13.7 Å². The fourth-order valence-electron chi connectivity index (χ4n) is 5.68. The molecule has 45 heavy (non-hydrogen) atoms. The van der Waals surface area contributed by atoms with Crippen molar-refractivity contribution in [2.75, 3.05) is 38.7 Å². The molecule has 0 spiro atoms. The molecular weight excluding hydrogens is 582 g/mol. The van der Waals surface area contributed by atoms with Crippen LogP contribution in [0.25, 0.3) is 0 Å². The van der Waals surface area contributed by atoms with Crippen LogP contribution < -0.4 is 20.3 Å². The van der Waals surface area contributed by atoms with Crippen molar-refractivity contribution in [2.24, 2.45) is 0 Å². The van der Waals surface area contributed by atoms with Crippen LogP contribution in [0.1, 0.15) is 61.8 Å². The van der Waals surface area contributed by atoms with E-state index in [0.29, 0.717) is 30.6 Å². The molecule has 0 unspecified atom stereocenters. The minimum Gasteiger partial charge on any atom is -0.497 e. The summed E-state index contributed by atoms with van der Waals surface area (Å²) in [4.78, 5) is 36.0. The fourth-order valence-corrected chi connectivity index (χ4v) is 6.50. The molecule has 1 saturated heterocycles. The average Bonchev–Trinajstić information content (AvgIpc) is 3.75. The summed E-state index contributed by atoms with van der Waals surface area (Å²) in [5, 5.41) is 9.70. The van der Waals surface area contributed by atoms with Crippen LogP contribution in [-0.4, -0.2) is 61.5 Å². The minimum absolute atomic E-state index is 0.0943. The molecule has 3 aromatic carbocycles. The van der Waals surface area contributed by atoms with E-state index in [1.54, 1.807) is 36.5 Å². The maximum Gasteiger partial charge on any atom is 0.254 e. The third kappa shape index (κ3) is 9.15. The fraction of sp³-hybridized carbons (Fsp3) is 0.361. The Bertz CT molecular complexity index is 1570. The number of carbonyl (C=O) groups is 2. The Morgan fingerprint density at radius 3 is 2.49 bits per heavy atom. The van der Waals surface area contributed by atoms with E-state index < -0.39 is 0 Å². The number of methoxy groups -OCH3 is 1. The van der Waals surface area contributed by atoms with Crippen molar-refractivity contribution in [3.05, 3.63) is 111 Å². The van der Waals surface area contributed by atoms with Gasteiger partial charge < -0.3 is 25.2 Å². The molecule has 9 heteroatoms. The van der Waals surface area contributed by atoms with Crippen molar-refractivity contribution in [2.45, 2.75) is 51.7 Å². The Balaban J connectivity index is 1.31. The first-order chi connectivity index (χ1) is 21.9. The van der Waals surface area contributed by atoms with Crippen LogP contribution in [-0.2, 0) is 19.5 Å². The summed E-state index contributed by atoms with van der Waals surface area (Å²) in [7, 11) is 3.46. The number of aromatic nitrogens is 1. The number of benzene rings is 3. The Kier molecular flexibility index (Phi) is 11.2. The number of hydrogen-bond donors (Lipinski definition) is 2. The van der Waals surface area contributed by atoms with Gasteiger partial charge >= 0.3 is 0 Å². The Hall–Kier alpha value is -4.21. The number of rotatable bonds is 14. The molecule has 2 heterocycles. The molecule has 5 rings (SSSR count). The lowest BCUT2D eigenvalue weighted by molar-refractivity contribution is 0.0785. The zero-order chi connectivity index (χ0) is 31.6. The highest BCUT2D eigenvalue weighted by Crippen LogP contribution is 2.25. The summed E-state index contributed by atoms with van der Waals surface area (Å²) in [5.41, 5.74) is 5.19. The molecule has 1 aromatic heterocycles. The first kappa shape index (κ1) is 32.2. The summed E-state index contributed by atoms with van der Waals surface area (Å²) in [5.74, 6) is 0.541. The molecule has 1 aliphatic rings. The largest absolute Gasteiger partial charge is 0.497 e. The Labute approximate surface area is 270 Å². The zero-order valence-electron chi connectivity index (χ0n) is 26.4. The van der Waals surface area contributed by atoms with Crippen LogP contribution in [0.5, 0.6) is 5.75 Å². The molecule has 2 amide bonds. The summed E-state index contributed by atoms with van der Waals surface area (Å²) in [6.07, 6.45) is 3.66. The van der Waals surface area contributed by atoms with Gasteiger partial charge in [0.2, 0.25) is 0 Å². The second-order valence-corrected chi connectivity index (χ2v) is 12.6. The van der Waals surface area contributed by atoms with E-state index in [9.17, 15) is 9.59 Å². The van der Waals surface area contributed by atoms with Gasteiger partial charge in [0.15, 0.2) is 0 Å². The van der Waals surface area contributed by atoms with Crippen molar-refractivity contribution in [3.8, 4) is 5.75 Å². The van der Waals surface area contributed by atoms with Gasteiger partial charge in [-0.15, -0.1) is 11.3 Å². The molecular formula is C36H43N5O3S. The lowest BCUT2D eigenvalue weighted by Crippen LogP contribution is -2.39. The highest BCUT2D eigenvalue weighted by atomic mass is 32.1. The predicted molar refractivity (Wildman–Crippen MR) is 181 cm³/mol. The molecule has 4 aromatic rings. The first-order valence-corrected chi connectivity index (χ1v) is 16.5. The number of aryl methyl sites for hydroxylation is 1. The van der Waals surface area contributed by atoms with Crippen LogP contribution in [0.15, 0.2) is 78.2 Å². The molecule has 2 N–H and O–H groups in total. The topological polar surface area (TPSA) is 86.8 Å². The van der Waals surface area contributed by atoms with E-state index in [0.717, 1.165) is 72.2 Å². The number of thiazole rings is 1. The van der Waals surface area contributed by atoms with E-state index in [2.05, 4.69) is 38.7 Å². The van der Waals surface area contributed by atoms with Crippen molar-refractivity contribution in [3.63, 3.8) is 0 Å². The SMILES string of the molecule is COc1cccc(CNCC[C@H](Cc2ccccc2)NC(=O)c2cc(C(=O)N(C)Cc3nc(C)cs3)cc(N3CCCC3)c2)c1. The molecule has 1 aliphatic heterocycles. The lowest BCUT2D eigenvalue weighted by atomic mass is 10.0. The highest BCUT2D eigenvalue weighted by Gasteiger charge is 2.22. The third-order valence-electron chi connectivity index (χ3n) is 8.08. The van der Waals surface area contributed by atoms with Crippen LogP contribution in [0, 0.1) is 6.92 Å². The van der Waals surface area contributed by atoms with Gasteiger partial charge in [-0.25, -0.2) is 4.98 Å². The molecule has 1 atom stereocenters. The van der Waals surface area contributed by atoms with Gasteiger partial charge in [-0.1, -0.05) is 42.5 Å². The van der Waals surface area contributed by atoms with Gasteiger partial charge in [-0.3, -0.25) is 9.59 Å². The second-order valence-electron chi connectivity index (χ2n) is 11.7. The molecule has 1 fully saturated rings. The third-order valence-corrected chi connectivity index (χ3v) is 9.03. The summed E-state index contributed by atoms with van der Waals surface area (Å²) in [6.45, 7) is 5.65. The van der Waals surface area contributed by atoms with E-state index in [4.69, 9.17) is 4.74 Å². The van der Waals surface area contributed by atoms with Crippen LogP contribution >= 0.6 is 11.3 Å². The van der Waals surface area contributed by atoms with E-state index in [-0.39, 0.29) is 17.9 Å². The number of carbonyl (C=O) groups excluding carboxylic acids is 2. The summed E-state index contributed by atoms with van der Waals surface area (Å²) < 4.78 is 5.35. The normalized spacial score (nSPS) is 13.4. The molecule has 0 radical (unpaired) electrons. The van der Waals surface area contributed by atoms with Crippen molar-refractivity contribution in [1.29, 1.82) is 0 Å². The second kappa shape index (κ2) is 15.7. The standard InChI is InChI=1S/C36H43N5O3S/c1-26-25-45-34(38-26)24-40(2)36(43)30-20-29(21-32(22-30)41-16-7-8-17-41)35(42)39-31(18-27-10-5-4-6-11-27)14-15-37-23-28-12-9-13-33(19-28)44-3/h4-6,9-13,19-22,25,31,37H,7-8,14-18,23-24H2,1-3H3,(H,39,42)/t31-/m1/s1. The zero-order valence-corrected chi connectivity index (χ0v) is 27.2. The van der Waals surface area contributed by atoms with Gasteiger partial charge in [-0.05, 0) is 80.6 Å². The van der Waals surface area contributed by atoms with Crippen molar-refractivity contribution >= 4 is 28.8 Å². The van der Waals surface area contributed by atoms with Gasteiger partial charge in [0.1, 0.15) is 10.8 Å². The molecule has 0 aliphatic carbocycles. The number of nitrogens with one attached hydrogen (secondary N) is 2. The van der Waals surface area contributed by atoms with E-state index in [1.165, 1.54) is 0 Å². The molecule has 0 saturated carbocycles. The smallest absolute Gasteiger partial charge is 0.254 e. The first-order valence-electron chi connectivity index (χ1n) is 15.6. The maximum absolute atomic E-state index is 13.9. The van der Waals surface area contributed by atoms with Gasteiger partial charge in [-0.2, -0.15) is 0 Å². The van der Waals surface area contributed by atoms with E-state index in [1.807, 2.05) is 60.8 Å². The average molecular weight is 626 g/mol. The molecule has 0 bridgehead atoms. The van der Waals surface area contributed by atoms with Gasteiger partial charge in [0, 0.05) is 60.6 Å². The Morgan fingerprint density at radius 1 is 1.00 bits per heavy atom. The van der Waals surface area contributed by atoms with Crippen molar-refractivity contribution < 1.29 is 14.3 Å². The quantitative estimate of drug-likeness (QED) is 0.171. The summed E-state index contributed by atoms with van der Waals surface area (Å²) >= 11 is 1.55. The summed E-state index contributed by atoms with van der Waals surface area (Å²) in [6, 6.07) is 23.8. The molecule has 8 nitrogen and oxygen atoms in total. The maximum atomic E-state index is 13.9. The van der Waals surface area contributed by atoms with Crippen LogP contribution in [0.3, 0.4) is 0 Å². The van der Waals surface area contributed by atoms with Crippen molar-refractivity contribution in [1.82, 2.24) is 20.5 Å². The van der Waals surface area contributed by atoms with E-state index >= 15 is 0 Å². The number of ether oxygens (including phenoxy) is 1. The van der Waals surface area contributed by atoms with Crippen LogP contribution in [0.2, 0.25) is 0 Å². The highest BCUT2D eigenvalue weighted by molar-refractivity contribution is 7.09. The Morgan fingerprint density at radius 2 is 1.76 bits per heavy atom. The van der Waals surface area contributed by atoms with Gasteiger partial charge in [0.25, 0.3) is 11.8 Å². The number of hydrogen-bond acceptors (Lipinski definition) is 7.